The molecule has 0 unspecified atom stereocenters. The Morgan fingerprint density at radius 3 is 2.35 bits per heavy atom. The van der Waals surface area contributed by atoms with Crippen LogP contribution in [0.25, 0.3) is 0 Å². The maximum atomic E-state index is 13.8. The molecule has 0 saturated heterocycles. The zero-order valence-corrected chi connectivity index (χ0v) is 10.8. The van der Waals surface area contributed by atoms with Gasteiger partial charge in [-0.2, -0.15) is 4.39 Å². The van der Waals surface area contributed by atoms with Crippen LogP contribution in [0.4, 0.5) is 13.2 Å². The summed E-state index contributed by atoms with van der Waals surface area (Å²) in [6, 6.07) is 8.92. The van der Waals surface area contributed by atoms with Crippen molar-refractivity contribution < 1.29 is 22.7 Å². The topological polar surface area (TPSA) is 26.3 Å². The standard InChI is InChI=1S/C14H8ClF3O2/c15-14(19)9-6-10(16)12(18)13(11(9)17)20-7-8-4-2-1-3-5-8/h1-6H,7H2. The van der Waals surface area contributed by atoms with E-state index in [2.05, 4.69) is 0 Å². The number of halogens is 4. The van der Waals surface area contributed by atoms with Crippen molar-refractivity contribution in [2.75, 3.05) is 0 Å². The summed E-state index contributed by atoms with van der Waals surface area (Å²) in [5.41, 5.74) is -0.136. The van der Waals surface area contributed by atoms with Gasteiger partial charge in [0.25, 0.3) is 5.24 Å². The molecule has 0 heterocycles. The number of hydrogen-bond acceptors (Lipinski definition) is 2. The van der Waals surface area contributed by atoms with E-state index in [9.17, 15) is 18.0 Å². The number of rotatable bonds is 4. The Bertz CT molecular complexity index is 645. The Morgan fingerprint density at radius 1 is 1.10 bits per heavy atom. The second-order valence-electron chi connectivity index (χ2n) is 3.91. The minimum Gasteiger partial charge on any atom is -0.483 e. The Morgan fingerprint density at radius 2 is 1.75 bits per heavy atom. The van der Waals surface area contributed by atoms with E-state index in [1.165, 1.54) is 0 Å². The highest BCUT2D eigenvalue weighted by Crippen LogP contribution is 2.28. The molecular formula is C14H8ClF3O2. The minimum absolute atomic E-state index is 0.173. The molecule has 0 fully saturated rings. The van der Waals surface area contributed by atoms with Crippen molar-refractivity contribution in [2.45, 2.75) is 6.61 Å². The van der Waals surface area contributed by atoms with Crippen molar-refractivity contribution in [2.24, 2.45) is 0 Å². The molecule has 0 aromatic heterocycles. The molecule has 0 bridgehead atoms. The summed E-state index contributed by atoms with van der Waals surface area (Å²) in [5.74, 6) is -5.18. The van der Waals surface area contributed by atoms with Gasteiger partial charge in [-0.05, 0) is 23.2 Å². The second kappa shape index (κ2) is 5.96. The molecule has 20 heavy (non-hydrogen) atoms. The first kappa shape index (κ1) is 14.4. The maximum Gasteiger partial charge on any atom is 0.255 e. The molecule has 2 aromatic rings. The summed E-state index contributed by atoms with van der Waals surface area (Å²) in [5, 5.41) is -1.23. The first-order valence-corrected chi connectivity index (χ1v) is 5.92. The SMILES string of the molecule is O=C(Cl)c1cc(F)c(F)c(OCc2ccccc2)c1F. The second-order valence-corrected chi connectivity index (χ2v) is 4.25. The van der Waals surface area contributed by atoms with Crippen molar-refractivity contribution >= 4 is 16.8 Å². The molecule has 0 aliphatic heterocycles. The first-order chi connectivity index (χ1) is 9.50. The van der Waals surface area contributed by atoms with Gasteiger partial charge in [-0.15, -0.1) is 0 Å². The van der Waals surface area contributed by atoms with E-state index >= 15 is 0 Å². The molecular weight excluding hydrogens is 293 g/mol. The average Bonchev–Trinajstić information content (AvgIpc) is 2.43. The third-order valence-electron chi connectivity index (χ3n) is 2.55. The molecule has 0 saturated carbocycles. The number of hydrogen-bond donors (Lipinski definition) is 0. The smallest absolute Gasteiger partial charge is 0.255 e. The van der Waals surface area contributed by atoms with Gasteiger partial charge in [0.15, 0.2) is 17.4 Å². The highest BCUT2D eigenvalue weighted by Gasteiger charge is 2.23. The molecule has 2 rings (SSSR count). The van der Waals surface area contributed by atoms with E-state index in [0.717, 1.165) is 0 Å². The molecule has 0 N–H and O–H groups in total. The summed E-state index contributed by atoms with van der Waals surface area (Å²) in [7, 11) is 0. The molecule has 2 nitrogen and oxygen atoms in total. The van der Waals surface area contributed by atoms with Crippen LogP contribution >= 0.6 is 11.6 Å². The Labute approximate surface area is 117 Å². The van der Waals surface area contributed by atoms with Gasteiger partial charge >= 0.3 is 0 Å². The molecule has 0 aliphatic rings. The summed E-state index contributed by atoms with van der Waals surface area (Å²) in [6.07, 6.45) is 0. The van der Waals surface area contributed by atoms with Crippen LogP contribution < -0.4 is 4.74 Å². The normalized spacial score (nSPS) is 10.4. The zero-order valence-electron chi connectivity index (χ0n) is 10.00. The first-order valence-electron chi connectivity index (χ1n) is 5.54. The van der Waals surface area contributed by atoms with Gasteiger partial charge in [0.05, 0.1) is 5.56 Å². The van der Waals surface area contributed by atoms with E-state index in [0.29, 0.717) is 11.6 Å². The third kappa shape index (κ3) is 2.93. The third-order valence-corrected chi connectivity index (χ3v) is 2.76. The van der Waals surface area contributed by atoms with Crippen molar-refractivity contribution in [3.8, 4) is 5.75 Å². The predicted octanol–water partition coefficient (Wildman–Crippen LogP) is 4.06. The number of benzene rings is 2. The molecule has 0 amide bonds. The van der Waals surface area contributed by atoms with E-state index in [4.69, 9.17) is 16.3 Å². The summed E-state index contributed by atoms with van der Waals surface area (Å²) in [4.78, 5) is 10.9. The van der Waals surface area contributed by atoms with Crippen molar-refractivity contribution in [3.63, 3.8) is 0 Å². The van der Waals surface area contributed by atoms with Crippen molar-refractivity contribution in [1.82, 2.24) is 0 Å². The van der Waals surface area contributed by atoms with Crippen LogP contribution in [0.5, 0.6) is 5.75 Å². The number of carbonyl (C=O) groups is 1. The largest absolute Gasteiger partial charge is 0.483 e. The number of ether oxygens (including phenoxy) is 1. The molecule has 2 aromatic carbocycles. The monoisotopic (exact) mass is 300 g/mol. The summed E-state index contributed by atoms with van der Waals surface area (Å²) >= 11 is 5.10. The highest BCUT2D eigenvalue weighted by atomic mass is 35.5. The van der Waals surface area contributed by atoms with Crippen LogP contribution in [-0.2, 0) is 6.61 Å². The van der Waals surface area contributed by atoms with E-state index in [-0.39, 0.29) is 6.61 Å². The lowest BCUT2D eigenvalue weighted by Gasteiger charge is -2.10. The quantitative estimate of drug-likeness (QED) is 0.628. The van der Waals surface area contributed by atoms with Crippen LogP contribution in [0.15, 0.2) is 36.4 Å². The van der Waals surface area contributed by atoms with Gasteiger partial charge in [0.1, 0.15) is 6.61 Å². The molecule has 0 spiro atoms. The fourth-order valence-electron chi connectivity index (χ4n) is 1.58. The minimum atomic E-state index is -1.50. The van der Waals surface area contributed by atoms with Crippen LogP contribution in [0.3, 0.4) is 0 Å². The molecule has 104 valence electrons. The Kier molecular flexibility index (Phi) is 4.29. The van der Waals surface area contributed by atoms with E-state index in [1.54, 1.807) is 30.3 Å². The zero-order chi connectivity index (χ0) is 14.7. The van der Waals surface area contributed by atoms with Crippen LogP contribution in [0.1, 0.15) is 15.9 Å². The van der Waals surface area contributed by atoms with E-state index in [1.807, 2.05) is 0 Å². The van der Waals surface area contributed by atoms with Crippen LogP contribution in [0, 0.1) is 17.5 Å². The van der Waals surface area contributed by atoms with Crippen molar-refractivity contribution in [1.29, 1.82) is 0 Å². The summed E-state index contributed by atoms with van der Waals surface area (Å²) < 4.78 is 45.5. The lowest BCUT2D eigenvalue weighted by Crippen LogP contribution is -2.06. The number of carbonyl (C=O) groups excluding carboxylic acids is 1. The fourth-order valence-corrected chi connectivity index (χ4v) is 1.72. The maximum absolute atomic E-state index is 13.8. The van der Waals surface area contributed by atoms with Crippen molar-refractivity contribution in [3.05, 3.63) is 65.0 Å². The van der Waals surface area contributed by atoms with Gasteiger partial charge in [0, 0.05) is 0 Å². The van der Waals surface area contributed by atoms with Gasteiger partial charge in [0.2, 0.25) is 5.82 Å². The lowest BCUT2D eigenvalue weighted by molar-refractivity contribution is 0.107. The van der Waals surface area contributed by atoms with Crippen LogP contribution in [-0.4, -0.2) is 5.24 Å². The predicted molar refractivity (Wildman–Crippen MR) is 67.3 cm³/mol. The molecule has 0 radical (unpaired) electrons. The van der Waals surface area contributed by atoms with Gasteiger partial charge < -0.3 is 4.74 Å². The van der Waals surface area contributed by atoms with Gasteiger partial charge in [-0.1, -0.05) is 30.3 Å². The molecule has 0 atom stereocenters. The highest BCUT2D eigenvalue weighted by molar-refractivity contribution is 6.67. The van der Waals surface area contributed by atoms with Gasteiger partial charge in [-0.3, -0.25) is 4.79 Å². The van der Waals surface area contributed by atoms with Crippen LogP contribution in [0.2, 0.25) is 0 Å². The average molecular weight is 301 g/mol. The lowest BCUT2D eigenvalue weighted by atomic mass is 10.2. The Hall–Kier alpha value is -2.01. The fraction of sp³-hybridized carbons (Fsp3) is 0.0714. The molecule has 6 heteroatoms. The van der Waals surface area contributed by atoms with Gasteiger partial charge in [-0.25, -0.2) is 8.78 Å². The summed E-state index contributed by atoms with van der Waals surface area (Å²) in [6.45, 7) is -0.173. The molecule has 0 aliphatic carbocycles. The Balaban J connectivity index is 2.33. The van der Waals surface area contributed by atoms with E-state index < -0.39 is 34.0 Å².